The zero-order valence-corrected chi connectivity index (χ0v) is 8.21. The van der Waals surface area contributed by atoms with Gasteiger partial charge in [-0.25, -0.2) is 0 Å². The molecule has 0 aromatic rings. The third kappa shape index (κ3) is 4.26. The minimum atomic E-state index is -2.82. The third-order valence-electron chi connectivity index (χ3n) is 1.51. The summed E-state index contributed by atoms with van der Waals surface area (Å²) in [6.45, 7) is 0. The van der Waals surface area contributed by atoms with E-state index < -0.39 is 18.7 Å². The average Bonchev–Trinajstić information content (AvgIpc) is 2.66. The molecule has 1 atom stereocenters. The van der Waals surface area contributed by atoms with Gasteiger partial charge < -0.3 is 5.11 Å². The van der Waals surface area contributed by atoms with Crippen molar-refractivity contribution in [3.63, 3.8) is 0 Å². The highest BCUT2D eigenvalue weighted by Gasteiger charge is 2.15. The Bertz CT molecular complexity index is 267. The Kier molecular flexibility index (Phi) is 2.78. The first-order valence-corrected chi connectivity index (χ1v) is 6.17. The highest BCUT2D eigenvalue weighted by atomic mass is 33.1. The van der Waals surface area contributed by atoms with E-state index in [1.807, 2.05) is 0 Å². The Labute approximate surface area is 86.5 Å². The first-order valence-electron chi connectivity index (χ1n) is 5.79. The van der Waals surface area contributed by atoms with Crippen LogP contribution < -0.4 is 0 Å². The van der Waals surface area contributed by atoms with E-state index in [2.05, 4.69) is 0 Å². The van der Waals surface area contributed by atoms with Gasteiger partial charge in [-0.05, 0) is 19.2 Å². The fourth-order valence-corrected chi connectivity index (χ4v) is 3.91. The lowest BCUT2D eigenvalue weighted by Gasteiger charge is -2.04. The lowest BCUT2D eigenvalue weighted by atomic mass is 10.1. The molecule has 0 bridgehead atoms. The molecule has 4 heteroatoms. The predicted molar refractivity (Wildman–Crippen MR) is 54.6 cm³/mol. The molecule has 0 amide bonds. The van der Waals surface area contributed by atoms with Crippen LogP contribution in [0.2, 0.25) is 0 Å². The van der Waals surface area contributed by atoms with Crippen molar-refractivity contribution < 1.29 is 15.4 Å². The maximum absolute atomic E-state index is 10.6. The van der Waals surface area contributed by atoms with Crippen LogP contribution in [0.5, 0.6) is 0 Å². The maximum atomic E-state index is 10.6. The largest absolute Gasteiger partial charge is 0.481 e. The molecule has 1 N–H and O–H groups in total. The third-order valence-corrected chi connectivity index (χ3v) is 4.52. The number of carboxylic acids is 1. The van der Waals surface area contributed by atoms with E-state index in [1.54, 1.807) is 21.6 Å². The SMILES string of the molecule is [2H]C([2H])(CCC1CCSS1)C([2H])([2H])C(=O)O. The van der Waals surface area contributed by atoms with E-state index in [0.29, 0.717) is 11.7 Å². The Morgan fingerprint density at radius 3 is 3.17 bits per heavy atom. The first-order chi connectivity index (χ1) is 7.27. The standard InChI is InChI=1S/C8H14O2S2/c9-8(10)4-2-1-3-7-5-6-11-12-7/h7H,1-6H2,(H,9,10)/i2D2,4D2. The smallest absolute Gasteiger partial charge is 0.303 e. The summed E-state index contributed by atoms with van der Waals surface area (Å²) >= 11 is 0. The van der Waals surface area contributed by atoms with Gasteiger partial charge in [0, 0.05) is 22.9 Å². The molecule has 1 aliphatic heterocycles. The van der Waals surface area contributed by atoms with Crippen LogP contribution in [0.25, 0.3) is 0 Å². The van der Waals surface area contributed by atoms with Gasteiger partial charge in [0.25, 0.3) is 0 Å². The quantitative estimate of drug-likeness (QED) is 0.708. The van der Waals surface area contributed by atoms with Crippen LogP contribution in [-0.2, 0) is 4.79 Å². The van der Waals surface area contributed by atoms with Crippen LogP contribution in [0.1, 0.15) is 37.5 Å². The summed E-state index contributed by atoms with van der Waals surface area (Å²) in [7, 11) is 3.41. The van der Waals surface area contributed by atoms with Crippen LogP contribution in [0.4, 0.5) is 0 Å². The van der Waals surface area contributed by atoms with E-state index in [9.17, 15) is 4.79 Å². The molecule has 1 saturated heterocycles. The van der Waals surface area contributed by atoms with Gasteiger partial charge in [-0.3, -0.25) is 4.79 Å². The van der Waals surface area contributed by atoms with E-state index in [-0.39, 0.29) is 6.42 Å². The molecule has 1 fully saturated rings. The van der Waals surface area contributed by atoms with Crippen LogP contribution in [0, 0.1) is 0 Å². The number of rotatable bonds is 5. The Balaban J connectivity index is 2.52. The van der Waals surface area contributed by atoms with Gasteiger partial charge in [-0.15, -0.1) is 0 Å². The van der Waals surface area contributed by atoms with E-state index in [0.717, 1.165) is 12.2 Å². The molecular weight excluding hydrogens is 192 g/mol. The van der Waals surface area contributed by atoms with Crippen LogP contribution in [0.3, 0.4) is 0 Å². The second-order valence-electron chi connectivity index (χ2n) is 2.47. The molecule has 0 saturated carbocycles. The van der Waals surface area contributed by atoms with E-state index in [4.69, 9.17) is 10.6 Å². The number of aliphatic carboxylic acids is 1. The number of carboxylic acid groups (broad SMARTS) is 1. The second kappa shape index (κ2) is 5.75. The van der Waals surface area contributed by atoms with Crippen LogP contribution >= 0.6 is 21.6 Å². The molecule has 0 spiro atoms. The Hall–Kier alpha value is 0.170. The van der Waals surface area contributed by atoms with E-state index in [1.165, 1.54) is 0 Å². The normalized spacial score (nSPS) is 30.2. The fourth-order valence-electron chi connectivity index (χ4n) is 0.936. The molecular formula is C8H14O2S2. The second-order valence-corrected chi connectivity index (χ2v) is 5.26. The molecule has 0 aromatic heterocycles. The van der Waals surface area contributed by atoms with Crippen molar-refractivity contribution in [1.29, 1.82) is 0 Å². The van der Waals surface area contributed by atoms with Gasteiger partial charge >= 0.3 is 5.97 Å². The van der Waals surface area contributed by atoms with Gasteiger partial charge in [-0.1, -0.05) is 28.0 Å². The molecule has 1 rings (SSSR count). The van der Waals surface area contributed by atoms with Gasteiger partial charge in [0.15, 0.2) is 0 Å². The molecule has 1 heterocycles. The van der Waals surface area contributed by atoms with Crippen molar-refractivity contribution >= 4 is 27.6 Å². The maximum Gasteiger partial charge on any atom is 0.303 e. The molecule has 0 aromatic carbocycles. The molecule has 1 aliphatic rings. The molecule has 0 radical (unpaired) electrons. The summed E-state index contributed by atoms with van der Waals surface area (Å²) in [5, 5.41) is 8.97. The summed E-state index contributed by atoms with van der Waals surface area (Å²) in [4.78, 5) is 10.6. The highest BCUT2D eigenvalue weighted by molar-refractivity contribution is 8.77. The van der Waals surface area contributed by atoms with E-state index >= 15 is 0 Å². The van der Waals surface area contributed by atoms with Crippen molar-refractivity contribution in [3.8, 4) is 0 Å². The van der Waals surface area contributed by atoms with Gasteiger partial charge in [0.2, 0.25) is 0 Å². The van der Waals surface area contributed by atoms with Crippen molar-refractivity contribution in [3.05, 3.63) is 0 Å². The summed E-state index contributed by atoms with van der Waals surface area (Å²) in [5.74, 6) is -0.699. The highest BCUT2D eigenvalue weighted by Crippen LogP contribution is 2.39. The van der Waals surface area contributed by atoms with Gasteiger partial charge in [0.05, 0.1) is 0 Å². The van der Waals surface area contributed by atoms with Crippen molar-refractivity contribution in [2.24, 2.45) is 0 Å². The summed E-state index contributed by atoms with van der Waals surface area (Å²) in [6, 6.07) is 0. The van der Waals surface area contributed by atoms with Crippen LogP contribution in [0.15, 0.2) is 0 Å². The van der Waals surface area contributed by atoms with Crippen molar-refractivity contribution in [1.82, 2.24) is 0 Å². The summed E-state index contributed by atoms with van der Waals surface area (Å²) in [5.41, 5.74) is 0. The molecule has 70 valence electrons. The molecule has 1 unspecified atom stereocenters. The van der Waals surface area contributed by atoms with Crippen molar-refractivity contribution in [2.45, 2.75) is 37.3 Å². The average molecular weight is 210 g/mol. The molecule has 12 heavy (non-hydrogen) atoms. The Morgan fingerprint density at radius 2 is 2.58 bits per heavy atom. The zero-order chi connectivity index (χ0) is 12.4. The number of carbonyl (C=O) groups is 1. The predicted octanol–water partition coefficient (Wildman–Crippen LogP) is 2.79. The zero-order valence-electron chi connectivity index (χ0n) is 10.6. The lowest BCUT2D eigenvalue weighted by molar-refractivity contribution is -0.137. The number of hydrogen-bond donors (Lipinski definition) is 1. The molecule has 2 nitrogen and oxygen atoms in total. The number of hydrogen-bond acceptors (Lipinski definition) is 3. The summed E-state index contributed by atoms with van der Waals surface area (Å²) < 4.78 is 29.5. The Morgan fingerprint density at radius 1 is 1.75 bits per heavy atom. The van der Waals surface area contributed by atoms with Gasteiger partial charge in [0.1, 0.15) is 0 Å². The molecule has 0 aliphatic carbocycles. The summed E-state index contributed by atoms with van der Waals surface area (Å²) in [6.07, 6.45) is -3.67. The monoisotopic (exact) mass is 210 g/mol. The van der Waals surface area contributed by atoms with Crippen molar-refractivity contribution in [2.75, 3.05) is 5.75 Å². The minimum Gasteiger partial charge on any atom is -0.481 e. The van der Waals surface area contributed by atoms with Gasteiger partial charge in [-0.2, -0.15) is 0 Å². The lowest BCUT2D eigenvalue weighted by Crippen LogP contribution is -1.99. The first kappa shape index (κ1) is 5.81. The fraction of sp³-hybridized carbons (Fsp3) is 0.875. The minimum absolute atomic E-state index is 0.0511. The van der Waals surface area contributed by atoms with Crippen LogP contribution in [-0.4, -0.2) is 22.1 Å². The topological polar surface area (TPSA) is 37.3 Å².